The highest BCUT2D eigenvalue weighted by Gasteiger charge is 2.12. The zero-order valence-electron chi connectivity index (χ0n) is 11.8. The van der Waals surface area contributed by atoms with Crippen LogP contribution < -0.4 is 5.30 Å². The zero-order valence-corrected chi connectivity index (χ0v) is 12.8. The fraction of sp³-hybridized carbons (Fsp3) is 0.188. The minimum atomic E-state index is -2.19. The standard InChI is InChI=1S/C16H17O3P/c1-11-4-9-15(12(2)10-11)16(17)13-5-7-14(8-6-13)20(18)19-3/h4-10,20H,1-3H3. The van der Waals surface area contributed by atoms with Gasteiger partial charge in [0.2, 0.25) is 8.03 Å². The quantitative estimate of drug-likeness (QED) is 0.640. The van der Waals surface area contributed by atoms with Crippen LogP contribution in [-0.4, -0.2) is 12.9 Å². The predicted octanol–water partition coefficient (Wildman–Crippen LogP) is 3.28. The van der Waals surface area contributed by atoms with Gasteiger partial charge in [-0.05, 0) is 31.5 Å². The number of hydrogen-bond acceptors (Lipinski definition) is 3. The average molecular weight is 288 g/mol. The van der Waals surface area contributed by atoms with Gasteiger partial charge in [-0.15, -0.1) is 0 Å². The normalized spacial score (nSPS) is 12.2. The molecular formula is C16H17O3P. The minimum absolute atomic E-state index is 0.0221. The van der Waals surface area contributed by atoms with E-state index in [1.165, 1.54) is 7.11 Å². The molecule has 0 aliphatic rings. The molecule has 0 bridgehead atoms. The Balaban J connectivity index is 2.31. The number of rotatable bonds is 4. The first-order valence-electron chi connectivity index (χ1n) is 6.33. The maximum Gasteiger partial charge on any atom is 0.220 e. The number of carbonyl (C=O) groups excluding carboxylic acids is 1. The molecule has 0 spiro atoms. The van der Waals surface area contributed by atoms with Crippen LogP contribution in [0.1, 0.15) is 27.0 Å². The average Bonchev–Trinajstić information content (AvgIpc) is 2.46. The Hall–Kier alpha value is -1.70. The molecule has 0 aliphatic heterocycles. The van der Waals surface area contributed by atoms with Crippen LogP contribution in [0.25, 0.3) is 0 Å². The molecule has 1 unspecified atom stereocenters. The first-order chi connectivity index (χ1) is 9.52. The molecule has 0 N–H and O–H groups in total. The molecule has 0 saturated carbocycles. The predicted molar refractivity (Wildman–Crippen MR) is 81.4 cm³/mol. The highest BCUT2D eigenvalue weighted by Crippen LogP contribution is 2.21. The molecule has 1 atom stereocenters. The van der Waals surface area contributed by atoms with Crippen molar-refractivity contribution in [3.8, 4) is 0 Å². The highest BCUT2D eigenvalue weighted by molar-refractivity contribution is 7.48. The third-order valence-electron chi connectivity index (χ3n) is 3.19. The van der Waals surface area contributed by atoms with Gasteiger partial charge in [0.05, 0.1) is 0 Å². The van der Waals surface area contributed by atoms with Gasteiger partial charge in [0.25, 0.3) is 0 Å². The van der Waals surface area contributed by atoms with E-state index in [1.54, 1.807) is 24.3 Å². The van der Waals surface area contributed by atoms with Crippen LogP contribution in [0.5, 0.6) is 0 Å². The number of hydrogen-bond donors (Lipinski definition) is 0. The Bertz CT molecular complexity index is 660. The van der Waals surface area contributed by atoms with Crippen molar-refractivity contribution >= 4 is 19.1 Å². The molecule has 2 aromatic carbocycles. The van der Waals surface area contributed by atoms with E-state index < -0.39 is 8.03 Å². The maximum atomic E-state index is 12.4. The van der Waals surface area contributed by atoms with Crippen LogP contribution in [0, 0.1) is 13.8 Å². The summed E-state index contributed by atoms with van der Waals surface area (Å²) in [6, 6.07) is 12.5. The summed E-state index contributed by atoms with van der Waals surface area (Å²) < 4.78 is 16.3. The fourth-order valence-electron chi connectivity index (χ4n) is 2.10. The monoisotopic (exact) mass is 288 g/mol. The van der Waals surface area contributed by atoms with Gasteiger partial charge in [-0.25, -0.2) is 0 Å². The summed E-state index contributed by atoms with van der Waals surface area (Å²) >= 11 is 0. The molecule has 2 aromatic rings. The lowest BCUT2D eigenvalue weighted by molar-refractivity contribution is 0.103. The summed E-state index contributed by atoms with van der Waals surface area (Å²) in [5.74, 6) is -0.0221. The SMILES string of the molecule is CO[PH](=O)c1ccc(C(=O)c2ccc(C)cc2C)cc1. The molecule has 0 amide bonds. The summed E-state index contributed by atoms with van der Waals surface area (Å²) in [5, 5.41) is 0.620. The van der Waals surface area contributed by atoms with Gasteiger partial charge in [0.15, 0.2) is 5.78 Å². The van der Waals surface area contributed by atoms with E-state index in [-0.39, 0.29) is 5.78 Å². The van der Waals surface area contributed by atoms with E-state index in [1.807, 2.05) is 32.0 Å². The molecule has 0 saturated heterocycles. The lowest BCUT2D eigenvalue weighted by atomic mass is 9.98. The van der Waals surface area contributed by atoms with Crippen molar-refractivity contribution in [2.24, 2.45) is 0 Å². The molecule has 104 valence electrons. The van der Waals surface area contributed by atoms with Crippen LogP contribution in [0.15, 0.2) is 42.5 Å². The zero-order chi connectivity index (χ0) is 14.7. The molecule has 0 heterocycles. The number of ketones is 1. The van der Waals surface area contributed by atoms with E-state index in [2.05, 4.69) is 0 Å². The number of benzene rings is 2. The van der Waals surface area contributed by atoms with Crippen molar-refractivity contribution in [2.75, 3.05) is 7.11 Å². The third kappa shape index (κ3) is 3.06. The van der Waals surface area contributed by atoms with Gasteiger partial charge in [-0.2, -0.15) is 0 Å². The van der Waals surface area contributed by atoms with Gasteiger partial charge in [0.1, 0.15) is 0 Å². The van der Waals surface area contributed by atoms with Crippen molar-refractivity contribution in [1.29, 1.82) is 0 Å². The summed E-state index contributed by atoms with van der Waals surface area (Å²) in [6.07, 6.45) is 0. The molecule has 3 nitrogen and oxygen atoms in total. The summed E-state index contributed by atoms with van der Waals surface area (Å²) in [6.45, 7) is 3.93. The van der Waals surface area contributed by atoms with E-state index >= 15 is 0 Å². The van der Waals surface area contributed by atoms with Crippen LogP contribution >= 0.6 is 8.03 Å². The van der Waals surface area contributed by atoms with E-state index in [9.17, 15) is 9.36 Å². The second-order valence-electron chi connectivity index (χ2n) is 4.72. The largest absolute Gasteiger partial charge is 0.331 e. The second-order valence-corrected chi connectivity index (χ2v) is 6.28. The van der Waals surface area contributed by atoms with Crippen LogP contribution in [0.4, 0.5) is 0 Å². The smallest absolute Gasteiger partial charge is 0.220 e. The molecule has 4 heteroatoms. The van der Waals surface area contributed by atoms with Crippen LogP contribution in [0.2, 0.25) is 0 Å². The summed E-state index contributed by atoms with van der Waals surface area (Å²) in [7, 11) is -0.775. The van der Waals surface area contributed by atoms with Gasteiger partial charge < -0.3 is 4.52 Å². The van der Waals surface area contributed by atoms with Crippen LogP contribution in [0.3, 0.4) is 0 Å². The van der Waals surface area contributed by atoms with Crippen molar-refractivity contribution in [2.45, 2.75) is 13.8 Å². The van der Waals surface area contributed by atoms with E-state index in [4.69, 9.17) is 4.52 Å². The lowest BCUT2D eigenvalue weighted by Gasteiger charge is -2.07. The second kappa shape index (κ2) is 6.17. The molecular weight excluding hydrogens is 271 g/mol. The Labute approximate surface area is 119 Å². The Morgan fingerprint density at radius 3 is 2.25 bits per heavy atom. The highest BCUT2D eigenvalue weighted by atomic mass is 31.1. The van der Waals surface area contributed by atoms with Gasteiger partial charge in [0, 0.05) is 23.5 Å². The van der Waals surface area contributed by atoms with Crippen molar-refractivity contribution in [3.05, 3.63) is 64.7 Å². The molecule has 0 fully saturated rings. The van der Waals surface area contributed by atoms with Crippen molar-refractivity contribution in [1.82, 2.24) is 0 Å². The minimum Gasteiger partial charge on any atom is -0.331 e. The topological polar surface area (TPSA) is 43.4 Å². The molecule has 0 aromatic heterocycles. The third-order valence-corrected chi connectivity index (χ3v) is 4.37. The fourth-order valence-corrected chi connectivity index (χ4v) is 2.77. The summed E-state index contributed by atoms with van der Waals surface area (Å²) in [5.41, 5.74) is 3.38. The van der Waals surface area contributed by atoms with Gasteiger partial charge >= 0.3 is 0 Å². The Kier molecular flexibility index (Phi) is 4.53. The van der Waals surface area contributed by atoms with E-state index in [0.29, 0.717) is 16.4 Å². The maximum absolute atomic E-state index is 12.4. The van der Waals surface area contributed by atoms with E-state index in [0.717, 1.165) is 11.1 Å². The number of carbonyl (C=O) groups is 1. The molecule has 2 rings (SSSR count). The Morgan fingerprint density at radius 2 is 1.70 bits per heavy atom. The van der Waals surface area contributed by atoms with Crippen molar-refractivity contribution < 1.29 is 13.9 Å². The lowest BCUT2D eigenvalue weighted by Crippen LogP contribution is -2.06. The van der Waals surface area contributed by atoms with Crippen LogP contribution in [-0.2, 0) is 9.09 Å². The number of aryl methyl sites for hydroxylation is 2. The molecule has 20 heavy (non-hydrogen) atoms. The van der Waals surface area contributed by atoms with Crippen molar-refractivity contribution in [3.63, 3.8) is 0 Å². The first-order valence-corrected chi connectivity index (χ1v) is 7.65. The van der Waals surface area contributed by atoms with Gasteiger partial charge in [-0.3, -0.25) is 9.36 Å². The van der Waals surface area contributed by atoms with Gasteiger partial charge in [-0.1, -0.05) is 35.9 Å². The Morgan fingerprint density at radius 1 is 1.05 bits per heavy atom. The first kappa shape index (κ1) is 14.7. The molecule has 0 aliphatic carbocycles. The summed E-state index contributed by atoms with van der Waals surface area (Å²) in [4.78, 5) is 12.4. The molecule has 0 radical (unpaired) electrons.